The number of rotatable bonds is 6. The quantitative estimate of drug-likeness (QED) is 0.805. The van der Waals surface area contributed by atoms with Gasteiger partial charge in [0.15, 0.2) is 5.82 Å². The first-order valence-electron chi connectivity index (χ1n) is 8.76. The number of carbonyl (C=O) groups is 1. The molecule has 1 aliphatic rings. The van der Waals surface area contributed by atoms with E-state index in [0.717, 1.165) is 31.6 Å². The molecule has 2 aromatic heterocycles. The van der Waals surface area contributed by atoms with Crippen LogP contribution in [0, 0.1) is 0 Å². The monoisotopic (exact) mass is 352 g/mol. The van der Waals surface area contributed by atoms with Crippen LogP contribution in [0.4, 0.5) is 11.6 Å². The number of pyridine rings is 1. The van der Waals surface area contributed by atoms with Crippen LogP contribution < -0.4 is 5.32 Å². The normalized spacial score (nSPS) is 17.2. The maximum absolute atomic E-state index is 12.6. The van der Waals surface area contributed by atoms with E-state index < -0.39 is 0 Å². The Balaban J connectivity index is 1.79. The number of amides is 1. The first-order valence-corrected chi connectivity index (χ1v) is 8.76. The Bertz CT molecular complexity index is 762. The van der Waals surface area contributed by atoms with E-state index in [0.29, 0.717) is 11.6 Å². The van der Waals surface area contributed by atoms with Gasteiger partial charge in [-0.15, -0.1) is 0 Å². The summed E-state index contributed by atoms with van der Waals surface area (Å²) < 4.78 is 0. The van der Waals surface area contributed by atoms with Gasteiger partial charge in [-0.2, -0.15) is 0 Å². The predicted molar refractivity (Wildman–Crippen MR) is 101 cm³/mol. The van der Waals surface area contributed by atoms with Crippen LogP contribution in [0.1, 0.15) is 24.6 Å². The Morgan fingerprint density at radius 3 is 2.88 bits per heavy atom. The summed E-state index contributed by atoms with van der Waals surface area (Å²) in [5.74, 6) is 1.37. The number of anilines is 2. The third kappa shape index (κ3) is 4.43. The van der Waals surface area contributed by atoms with Gasteiger partial charge in [0.2, 0.25) is 5.91 Å². The van der Waals surface area contributed by atoms with Gasteiger partial charge < -0.3 is 15.1 Å². The van der Waals surface area contributed by atoms with Crippen molar-refractivity contribution >= 4 is 17.5 Å². The molecule has 2 aromatic rings. The Kier molecular flexibility index (Phi) is 5.91. The SMILES string of the molecule is CN(C)C/C=C/C(=O)N1CCC[C@H]1c1nccnc1Nc1ccccn1. The summed E-state index contributed by atoms with van der Waals surface area (Å²) in [7, 11) is 3.95. The maximum Gasteiger partial charge on any atom is 0.246 e. The average molecular weight is 352 g/mol. The molecule has 0 spiro atoms. The molecule has 1 N–H and O–H groups in total. The van der Waals surface area contributed by atoms with E-state index in [1.807, 2.05) is 48.2 Å². The fourth-order valence-electron chi connectivity index (χ4n) is 3.02. The Hall–Kier alpha value is -2.80. The minimum Gasteiger partial charge on any atom is -0.330 e. The van der Waals surface area contributed by atoms with Gasteiger partial charge in [0.25, 0.3) is 0 Å². The summed E-state index contributed by atoms with van der Waals surface area (Å²) in [5, 5.41) is 3.22. The molecule has 3 rings (SSSR count). The van der Waals surface area contributed by atoms with Crippen molar-refractivity contribution in [2.75, 3.05) is 32.5 Å². The second-order valence-electron chi connectivity index (χ2n) is 6.48. The van der Waals surface area contributed by atoms with Gasteiger partial charge in [-0.3, -0.25) is 9.78 Å². The molecule has 1 fully saturated rings. The van der Waals surface area contributed by atoms with E-state index in [1.165, 1.54) is 0 Å². The zero-order valence-electron chi connectivity index (χ0n) is 15.2. The van der Waals surface area contributed by atoms with Gasteiger partial charge in [-0.25, -0.2) is 9.97 Å². The highest BCUT2D eigenvalue weighted by molar-refractivity contribution is 5.88. The molecule has 7 nitrogen and oxygen atoms in total. The molecule has 1 atom stereocenters. The van der Waals surface area contributed by atoms with Crippen LogP contribution >= 0.6 is 0 Å². The third-order valence-electron chi connectivity index (χ3n) is 4.22. The summed E-state index contributed by atoms with van der Waals surface area (Å²) >= 11 is 0. The van der Waals surface area contributed by atoms with Gasteiger partial charge in [-0.05, 0) is 39.1 Å². The first-order chi connectivity index (χ1) is 12.6. The van der Waals surface area contributed by atoms with Gasteiger partial charge in [0.1, 0.15) is 11.5 Å². The predicted octanol–water partition coefficient (Wildman–Crippen LogP) is 2.40. The molecular weight excluding hydrogens is 328 g/mol. The third-order valence-corrected chi connectivity index (χ3v) is 4.22. The number of aromatic nitrogens is 3. The van der Waals surface area contributed by atoms with E-state index in [9.17, 15) is 4.79 Å². The van der Waals surface area contributed by atoms with Crippen molar-refractivity contribution in [3.63, 3.8) is 0 Å². The number of hydrogen-bond acceptors (Lipinski definition) is 6. The zero-order valence-corrected chi connectivity index (χ0v) is 15.2. The molecule has 0 aromatic carbocycles. The molecular formula is C19H24N6O. The van der Waals surface area contributed by atoms with Crippen LogP contribution in [-0.2, 0) is 4.79 Å². The molecule has 26 heavy (non-hydrogen) atoms. The number of likely N-dealkylation sites (N-methyl/N-ethyl adjacent to an activating group) is 1. The van der Waals surface area contributed by atoms with Crippen molar-refractivity contribution in [1.82, 2.24) is 24.8 Å². The summed E-state index contributed by atoms with van der Waals surface area (Å²) in [6, 6.07) is 5.57. The summed E-state index contributed by atoms with van der Waals surface area (Å²) in [6.07, 6.45) is 10.4. The van der Waals surface area contributed by atoms with Crippen LogP contribution in [0.5, 0.6) is 0 Å². The number of likely N-dealkylation sites (tertiary alicyclic amines) is 1. The summed E-state index contributed by atoms with van der Waals surface area (Å²) in [4.78, 5) is 29.7. The highest BCUT2D eigenvalue weighted by atomic mass is 16.2. The molecule has 1 amide bonds. The van der Waals surface area contributed by atoms with Crippen molar-refractivity contribution < 1.29 is 4.79 Å². The maximum atomic E-state index is 12.6. The van der Waals surface area contributed by atoms with Crippen LogP contribution in [0.2, 0.25) is 0 Å². The fourth-order valence-corrected chi connectivity index (χ4v) is 3.02. The number of carbonyl (C=O) groups excluding carboxylic acids is 1. The smallest absolute Gasteiger partial charge is 0.246 e. The van der Waals surface area contributed by atoms with Gasteiger partial charge >= 0.3 is 0 Å². The number of nitrogens with zero attached hydrogens (tertiary/aromatic N) is 5. The van der Waals surface area contributed by atoms with E-state index in [2.05, 4.69) is 20.3 Å². The summed E-state index contributed by atoms with van der Waals surface area (Å²) in [6.45, 7) is 1.47. The molecule has 0 saturated carbocycles. The average Bonchev–Trinajstić information content (AvgIpc) is 3.12. The lowest BCUT2D eigenvalue weighted by Gasteiger charge is -2.24. The molecule has 0 aliphatic carbocycles. The van der Waals surface area contributed by atoms with Crippen molar-refractivity contribution in [2.24, 2.45) is 0 Å². The van der Waals surface area contributed by atoms with Crippen LogP contribution in [0.15, 0.2) is 48.9 Å². The lowest BCUT2D eigenvalue weighted by atomic mass is 10.1. The zero-order chi connectivity index (χ0) is 18.4. The molecule has 3 heterocycles. The van der Waals surface area contributed by atoms with E-state index in [-0.39, 0.29) is 11.9 Å². The minimum atomic E-state index is -0.0774. The standard InChI is InChI=1S/C19H24N6O/c1-24(2)13-6-9-17(26)25-14-5-7-15(25)18-19(22-12-11-21-18)23-16-8-3-4-10-20-16/h3-4,6,8-12,15H,5,7,13-14H2,1-2H3,(H,20,22,23)/b9-6+/t15-/m0/s1. The van der Waals surface area contributed by atoms with Gasteiger partial charge in [-0.1, -0.05) is 12.1 Å². The molecule has 136 valence electrons. The van der Waals surface area contributed by atoms with Crippen molar-refractivity contribution in [3.05, 3.63) is 54.6 Å². The Morgan fingerprint density at radius 2 is 2.12 bits per heavy atom. The second-order valence-corrected chi connectivity index (χ2v) is 6.48. The highest BCUT2D eigenvalue weighted by Crippen LogP contribution is 2.34. The summed E-state index contributed by atoms with van der Waals surface area (Å²) in [5.41, 5.74) is 0.782. The molecule has 0 radical (unpaired) electrons. The van der Waals surface area contributed by atoms with E-state index in [1.54, 1.807) is 24.7 Å². The van der Waals surface area contributed by atoms with E-state index in [4.69, 9.17) is 0 Å². The topological polar surface area (TPSA) is 74.2 Å². The lowest BCUT2D eigenvalue weighted by Crippen LogP contribution is -2.30. The van der Waals surface area contributed by atoms with Crippen molar-refractivity contribution in [2.45, 2.75) is 18.9 Å². The first kappa shape index (κ1) is 18.0. The highest BCUT2D eigenvalue weighted by Gasteiger charge is 2.32. The van der Waals surface area contributed by atoms with Gasteiger partial charge in [0, 0.05) is 37.8 Å². The molecule has 7 heteroatoms. The van der Waals surface area contributed by atoms with E-state index >= 15 is 0 Å². The largest absolute Gasteiger partial charge is 0.330 e. The molecule has 1 saturated heterocycles. The van der Waals surface area contributed by atoms with Crippen molar-refractivity contribution in [1.29, 1.82) is 0 Å². The van der Waals surface area contributed by atoms with Crippen molar-refractivity contribution in [3.8, 4) is 0 Å². The van der Waals surface area contributed by atoms with Crippen LogP contribution in [-0.4, -0.2) is 57.8 Å². The Labute approximate surface area is 153 Å². The second kappa shape index (κ2) is 8.53. The molecule has 0 bridgehead atoms. The number of nitrogens with one attached hydrogen (secondary N) is 1. The molecule has 1 aliphatic heterocycles. The van der Waals surface area contributed by atoms with Crippen LogP contribution in [0.25, 0.3) is 0 Å². The molecule has 0 unspecified atom stereocenters. The Morgan fingerprint density at radius 1 is 1.27 bits per heavy atom. The number of hydrogen-bond donors (Lipinski definition) is 1. The van der Waals surface area contributed by atoms with Gasteiger partial charge in [0.05, 0.1) is 6.04 Å². The fraction of sp³-hybridized carbons (Fsp3) is 0.368. The lowest BCUT2D eigenvalue weighted by molar-refractivity contribution is -0.127. The van der Waals surface area contributed by atoms with Crippen LogP contribution in [0.3, 0.4) is 0 Å². The minimum absolute atomic E-state index is 0.0174.